The maximum atomic E-state index is 12.4. The largest absolute Gasteiger partial charge is 0.511 e. The van der Waals surface area contributed by atoms with Gasteiger partial charge in [-0.1, -0.05) is 13.8 Å². The van der Waals surface area contributed by atoms with Crippen LogP contribution in [0.2, 0.25) is 0 Å². The van der Waals surface area contributed by atoms with Crippen molar-refractivity contribution in [1.82, 2.24) is 4.72 Å². The number of hydrogen-bond acceptors (Lipinski definition) is 3. The summed E-state index contributed by atoms with van der Waals surface area (Å²) in [6.45, 7) is 3.31. The molecule has 0 saturated heterocycles. The van der Waals surface area contributed by atoms with Gasteiger partial charge in [0.2, 0.25) is 0 Å². The molecule has 1 N–H and O–H groups in total. The number of rotatable bonds is 2. The summed E-state index contributed by atoms with van der Waals surface area (Å²) in [5.41, 5.74) is -7.69. The number of hydrogen-bond donors (Lipinski definition) is 1. The molecule has 8 heteroatoms. The Labute approximate surface area is 103 Å². The number of carbonyl (C=O) groups excluding carboxylic acids is 1. The Balaban J connectivity index is 2.34. The van der Waals surface area contributed by atoms with Crippen molar-refractivity contribution in [3.63, 3.8) is 0 Å². The van der Waals surface area contributed by atoms with E-state index < -0.39 is 32.3 Å². The molecule has 0 amide bonds. The van der Waals surface area contributed by atoms with Crippen LogP contribution in [-0.2, 0) is 14.8 Å². The predicted octanol–water partition coefficient (Wildman–Crippen LogP) is 1.57. The zero-order chi connectivity index (χ0) is 14.0. The van der Waals surface area contributed by atoms with Crippen LogP contribution in [0.15, 0.2) is 0 Å². The van der Waals surface area contributed by atoms with Gasteiger partial charge in [0.1, 0.15) is 0 Å². The lowest BCUT2D eigenvalue weighted by atomic mass is 9.74. The first-order chi connectivity index (χ1) is 7.92. The zero-order valence-corrected chi connectivity index (χ0v) is 10.8. The molecule has 4 nitrogen and oxygen atoms in total. The van der Waals surface area contributed by atoms with Crippen LogP contribution in [0.25, 0.3) is 0 Å². The average molecular weight is 285 g/mol. The number of sulfonamides is 1. The van der Waals surface area contributed by atoms with E-state index in [1.54, 1.807) is 18.6 Å². The summed E-state index contributed by atoms with van der Waals surface area (Å²) in [4.78, 5) is 12.1. The summed E-state index contributed by atoms with van der Waals surface area (Å²) >= 11 is 0. The summed E-state index contributed by atoms with van der Waals surface area (Å²) in [5, 5.41) is 0. The molecule has 0 spiro atoms. The first-order valence-corrected chi connectivity index (χ1v) is 7.06. The Morgan fingerprint density at radius 3 is 2.28 bits per heavy atom. The molecule has 0 aromatic carbocycles. The highest BCUT2D eigenvalue weighted by atomic mass is 32.2. The van der Waals surface area contributed by atoms with Gasteiger partial charge in [-0.15, -0.1) is 0 Å². The number of halogens is 3. The van der Waals surface area contributed by atoms with E-state index in [2.05, 4.69) is 0 Å². The Kier molecular flexibility index (Phi) is 2.66. The summed E-state index contributed by atoms with van der Waals surface area (Å²) in [6, 6.07) is 0. The lowest BCUT2D eigenvalue weighted by Crippen LogP contribution is -2.56. The fourth-order valence-corrected chi connectivity index (χ4v) is 4.03. The van der Waals surface area contributed by atoms with Crippen LogP contribution in [0, 0.1) is 11.3 Å². The molecule has 0 aromatic heterocycles. The van der Waals surface area contributed by atoms with Gasteiger partial charge < -0.3 is 0 Å². The van der Waals surface area contributed by atoms with Crippen LogP contribution in [0.1, 0.15) is 33.1 Å². The van der Waals surface area contributed by atoms with Crippen molar-refractivity contribution in [2.24, 2.45) is 11.3 Å². The van der Waals surface area contributed by atoms with Gasteiger partial charge in [-0.05, 0) is 25.2 Å². The maximum absolute atomic E-state index is 12.4. The van der Waals surface area contributed by atoms with E-state index in [0.717, 1.165) is 0 Å². The Morgan fingerprint density at radius 1 is 1.33 bits per heavy atom. The van der Waals surface area contributed by atoms with E-state index in [4.69, 9.17) is 0 Å². The molecular weight excluding hydrogens is 271 g/mol. The molecular formula is C10H14F3NO3S. The minimum absolute atomic E-state index is 0.0547. The van der Waals surface area contributed by atoms with Gasteiger partial charge in [0.15, 0.2) is 5.78 Å². The molecule has 2 fully saturated rings. The third-order valence-corrected chi connectivity index (χ3v) is 5.46. The maximum Gasteiger partial charge on any atom is 0.511 e. The van der Waals surface area contributed by atoms with Gasteiger partial charge in [0.05, 0.1) is 5.54 Å². The highest BCUT2D eigenvalue weighted by Crippen LogP contribution is 2.55. The van der Waals surface area contributed by atoms with Crippen LogP contribution >= 0.6 is 0 Å². The summed E-state index contributed by atoms with van der Waals surface area (Å²) in [5.74, 6) is -0.486. The van der Waals surface area contributed by atoms with Gasteiger partial charge in [-0.3, -0.25) is 4.79 Å². The second kappa shape index (κ2) is 3.47. The molecule has 104 valence electrons. The average Bonchev–Trinajstić information content (AvgIpc) is 2.65. The Morgan fingerprint density at radius 2 is 1.89 bits per heavy atom. The fourth-order valence-electron chi connectivity index (χ4n) is 3.12. The monoisotopic (exact) mass is 285 g/mol. The van der Waals surface area contributed by atoms with E-state index in [-0.39, 0.29) is 18.8 Å². The van der Waals surface area contributed by atoms with E-state index in [1.807, 2.05) is 0 Å². The molecule has 2 unspecified atom stereocenters. The summed E-state index contributed by atoms with van der Waals surface area (Å²) < 4.78 is 61.0. The van der Waals surface area contributed by atoms with Gasteiger partial charge >= 0.3 is 15.5 Å². The second-order valence-corrected chi connectivity index (χ2v) is 7.30. The van der Waals surface area contributed by atoms with E-state index >= 15 is 0 Å². The van der Waals surface area contributed by atoms with Crippen molar-refractivity contribution in [2.75, 3.05) is 0 Å². The molecule has 2 aliphatic carbocycles. The van der Waals surface area contributed by atoms with Crippen LogP contribution in [-0.4, -0.2) is 25.2 Å². The molecule has 0 radical (unpaired) electrons. The Hall–Kier alpha value is -0.630. The minimum Gasteiger partial charge on any atom is -0.297 e. The van der Waals surface area contributed by atoms with E-state index in [1.165, 1.54) is 0 Å². The smallest absolute Gasteiger partial charge is 0.297 e. The molecule has 0 aliphatic heterocycles. The molecule has 18 heavy (non-hydrogen) atoms. The van der Waals surface area contributed by atoms with Gasteiger partial charge in [0, 0.05) is 5.41 Å². The third-order valence-electron chi connectivity index (χ3n) is 4.19. The van der Waals surface area contributed by atoms with Crippen molar-refractivity contribution < 1.29 is 26.4 Å². The second-order valence-electron chi connectivity index (χ2n) is 5.62. The number of nitrogens with one attached hydrogen (secondary N) is 1. The van der Waals surface area contributed by atoms with Crippen molar-refractivity contribution in [3.8, 4) is 0 Å². The van der Waals surface area contributed by atoms with Gasteiger partial charge in [-0.2, -0.15) is 17.9 Å². The standard InChI is InChI=1S/C10H14F3NO3S/c1-8(2)6-3-4-9(5-6,7(8)15)14-18(16,17)10(11,12)13/h6,14H,3-5H2,1-2H3. The van der Waals surface area contributed by atoms with Gasteiger partial charge in [0.25, 0.3) is 0 Å². The van der Waals surface area contributed by atoms with Crippen molar-refractivity contribution in [3.05, 3.63) is 0 Å². The number of carbonyl (C=O) groups is 1. The number of fused-ring (bicyclic) bond motifs is 2. The predicted molar refractivity (Wildman–Crippen MR) is 57.0 cm³/mol. The summed E-state index contributed by atoms with van der Waals surface area (Å²) in [7, 11) is -5.48. The quantitative estimate of drug-likeness (QED) is 0.837. The van der Waals surface area contributed by atoms with Crippen molar-refractivity contribution >= 4 is 15.8 Å². The molecule has 2 rings (SSSR count). The van der Waals surface area contributed by atoms with Crippen LogP contribution in [0.4, 0.5) is 13.2 Å². The molecule has 0 heterocycles. The molecule has 2 saturated carbocycles. The van der Waals surface area contributed by atoms with Crippen LogP contribution < -0.4 is 4.72 Å². The molecule has 2 atom stereocenters. The first-order valence-electron chi connectivity index (χ1n) is 5.57. The molecule has 0 aromatic rings. The normalized spacial score (nSPS) is 35.2. The first kappa shape index (κ1) is 13.8. The Bertz CT molecular complexity index is 497. The van der Waals surface area contributed by atoms with Crippen molar-refractivity contribution in [2.45, 2.75) is 44.2 Å². The summed E-state index contributed by atoms with van der Waals surface area (Å²) in [6.07, 6.45) is 0.877. The van der Waals surface area contributed by atoms with Crippen molar-refractivity contribution in [1.29, 1.82) is 0 Å². The number of ketones is 1. The highest BCUT2D eigenvalue weighted by Gasteiger charge is 2.64. The molecule has 2 bridgehead atoms. The third kappa shape index (κ3) is 1.69. The van der Waals surface area contributed by atoms with Crippen LogP contribution in [0.5, 0.6) is 0 Å². The molecule has 2 aliphatic rings. The topological polar surface area (TPSA) is 63.2 Å². The van der Waals surface area contributed by atoms with E-state index in [0.29, 0.717) is 6.42 Å². The number of alkyl halides is 3. The minimum atomic E-state index is -5.48. The zero-order valence-electron chi connectivity index (χ0n) is 9.97. The number of Topliss-reactive ketones (excluding diaryl/α,β-unsaturated/α-hetero) is 1. The van der Waals surface area contributed by atoms with Crippen LogP contribution in [0.3, 0.4) is 0 Å². The highest BCUT2D eigenvalue weighted by molar-refractivity contribution is 7.90. The van der Waals surface area contributed by atoms with Gasteiger partial charge in [-0.25, -0.2) is 8.42 Å². The SMILES string of the molecule is CC1(C)C(=O)C2(NS(=O)(=O)C(F)(F)F)CCC1C2. The lowest BCUT2D eigenvalue weighted by molar-refractivity contribution is -0.132. The lowest BCUT2D eigenvalue weighted by Gasteiger charge is -2.33. The van der Waals surface area contributed by atoms with E-state index in [9.17, 15) is 26.4 Å². The fraction of sp³-hybridized carbons (Fsp3) is 0.900.